The zero-order valence-corrected chi connectivity index (χ0v) is 16.2. The van der Waals surface area contributed by atoms with Gasteiger partial charge in [-0.3, -0.25) is 9.69 Å². The number of nitrogens with one attached hydrogen (secondary N) is 1. The van der Waals surface area contributed by atoms with Crippen molar-refractivity contribution in [2.75, 3.05) is 16.8 Å². The monoisotopic (exact) mass is 372 g/mol. The molecule has 0 fully saturated rings. The van der Waals surface area contributed by atoms with E-state index >= 15 is 0 Å². The molecule has 3 aromatic rings. The van der Waals surface area contributed by atoms with Crippen LogP contribution in [0.3, 0.4) is 0 Å². The first kappa shape index (κ1) is 19.3. The zero-order valence-electron chi connectivity index (χ0n) is 16.2. The largest absolute Gasteiger partial charge is 0.348 e. The van der Waals surface area contributed by atoms with Crippen LogP contribution in [0, 0.1) is 0 Å². The lowest BCUT2D eigenvalue weighted by Crippen LogP contribution is -2.31. The average molecular weight is 372 g/mol. The van der Waals surface area contributed by atoms with Gasteiger partial charge in [0, 0.05) is 18.3 Å². The summed E-state index contributed by atoms with van der Waals surface area (Å²) in [7, 11) is 0. The molecule has 0 aliphatic rings. The Morgan fingerprint density at radius 1 is 1.18 bits per heavy atom. The van der Waals surface area contributed by atoms with E-state index in [0.717, 1.165) is 11.1 Å². The molecule has 1 heterocycles. The Hall–Kier alpha value is -3.47. The first-order valence-corrected chi connectivity index (χ1v) is 9.31. The maximum absolute atomic E-state index is 13.0. The molecule has 2 aromatic carbocycles. The summed E-state index contributed by atoms with van der Waals surface area (Å²) in [6.45, 7) is 8.24. The van der Waals surface area contributed by atoms with Gasteiger partial charge in [-0.05, 0) is 43.2 Å². The van der Waals surface area contributed by atoms with Crippen molar-refractivity contribution >= 4 is 23.7 Å². The summed E-state index contributed by atoms with van der Waals surface area (Å²) in [5.41, 5.74) is 2.65. The summed E-state index contributed by atoms with van der Waals surface area (Å²) in [6, 6.07) is 19.3. The summed E-state index contributed by atoms with van der Waals surface area (Å²) in [5, 5.41) is 3.30. The normalized spacial score (nSPS) is 11.5. The van der Waals surface area contributed by atoms with Gasteiger partial charge in [0.25, 0.3) is 5.91 Å². The van der Waals surface area contributed by atoms with Crippen LogP contribution in [0.2, 0.25) is 0 Å². The molecule has 5 heteroatoms. The Balaban J connectivity index is 1.82. The molecule has 5 nitrogen and oxygen atoms in total. The van der Waals surface area contributed by atoms with E-state index in [1.54, 1.807) is 29.3 Å². The van der Waals surface area contributed by atoms with E-state index < -0.39 is 0 Å². The minimum atomic E-state index is -0.105. The van der Waals surface area contributed by atoms with Crippen LogP contribution in [0.5, 0.6) is 0 Å². The number of benzene rings is 2. The summed E-state index contributed by atoms with van der Waals surface area (Å²) >= 11 is 0. The van der Waals surface area contributed by atoms with Crippen LogP contribution in [0.15, 0.2) is 73.4 Å². The van der Waals surface area contributed by atoms with Crippen LogP contribution in [-0.2, 0) is 0 Å². The van der Waals surface area contributed by atoms with Crippen LogP contribution in [-0.4, -0.2) is 22.4 Å². The first-order chi connectivity index (χ1) is 13.6. The third-order valence-corrected chi connectivity index (χ3v) is 4.49. The van der Waals surface area contributed by atoms with E-state index in [1.807, 2.05) is 43.3 Å². The Bertz CT molecular complexity index is 956. The second-order valence-electron chi connectivity index (χ2n) is 6.39. The molecule has 3 rings (SSSR count). The molecule has 0 saturated carbocycles. The number of rotatable bonds is 7. The highest BCUT2D eigenvalue weighted by atomic mass is 16.2. The smallest absolute Gasteiger partial charge is 0.259 e. The van der Waals surface area contributed by atoms with Gasteiger partial charge in [-0.25, -0.2) is 4.98 Å². The van der Waals surface area contributed by atoms with E-state index in [1.165, 1.54) is 0 Å². The van der Waals surface area contributed by atoms with Crippen LogP contribution in [0.1, 0.15) is 41.4 Å². The first-order valence-electron chi connectivity index (χ1n) is 9.31. The van der Waals surface area contributed by atoms with Crippen LogP contribution in [0.4, 0.5) is 11.8 Å². The molecule has 1 aromatic heterocycles. The van der Waals surface area contributed by atoms with Crippen molar-refractivity contribution in [2.45, 2.75) is 19.9 Å². The Kier molecular flexibility index (Phi) is 6.17. The van der Waals surface area contributed by atoms with Crippen molar-refractivity contribution in [1.82, 2.24) is 9.97 Å². The van der Waals surface area contributed by atoms with Gasteiger partial charge in [-0.2, -0.15) is 4.98 Å². The van der Waals surface area contributed by atoms with Crippen molar-refractivity contribution < 1.29 is 4.79 Å². The van der Waals surface area contributed by atoms with E-state index in [-0.39, 0.29) is 11.9 Å². The van der Waals surface area contributed by atoms with Crippen LogP contribution < -0.4 is 10.2 Å². The van der Waals surface area contributed by atoms with Gasteiger partial charge < -0.3 is 5.32 Å². The Morgan fingerprint density at radius 3 is 2.68 bits per heavy atom. The number of hydrogen-bond donors (Lipinski definition) is 1. The van der Waals surface area contributed by atoms with E-state index in [4.69, 9.17) is 0 Å². The topological polar surface area (TPSA) is 58.1 Å². The lowest BCUT2D eigenvalue weighted by molar-refractivity contribution is 0.0987. The van der Waals surface area contributed by atoms with Crippen molar-refractivity contribution in [3.05, 3.63) is 90.1 Å². The standard InChI is InChI=1S/C23H24N4O/c1-4-18-10-9-13-20(16-18)22(28)27(5-2)21-14-15-24-23(26-21)25-17(3)19-11-7-6-8-12-19/h4,6-17H,1,5H2,2-3H3,(H,24,25,26)/t17-/m0/s1. The molecular formula is C23H24N4O. The van der Waals surface area contributed by atoms with E-state index in [9.17, 15) is 4.79 Å². The molecule has 0 aliphatic heterocycles. The minimum Gasteiger partial charge on any atom is -0.348 e. The van der Waals surface area contributed by atoms with Crippen molar-refractivity contribution in [3.8, 4) is 0 Å². The van der Waals surface area contributed by atoms with Crippen molar-refractivity contribution in [1.29, 1.82) is 0 Å². The number of nitrogens with zero attached hydrogens (tertiary/aromatic N) is 3. The molecule has 28 heavy (non-hydrogen) atoms. The molecule has 0 spiro atoms. The molecule has 0 bridgehead atoms. The number of aromatic nitrogens is 2. The molecule has 1 amide bonds. The number of anilines is 2. The second-order valence-corrected chi connectivity index (χ2v) is 6.39. The number of amides is 1. The SMILES string of the molecule is C=Cc1cccc(C(=O)N(CC)c2ccnc(N[C@@H](C)c3ccccc3)n2)c1. The Morgan fingerprint density at radius 2 is 1.96 bits per heavy atom. The highest BCUT2D eigenvalue weighted by Crippen LogP contribution is 2.20. The number of carbonyl (C=O) groups is 1. The van der Waals surface area contributed by atoms with Crippen molar-refractivity contribution in [2.24, 2.45) is 0 Å². The Labute approximate surface area is 165 Å². The van der Waals surface area contributed by atoms with Crippen molar-refractivity contribution in [3.63, 3.8) is 0 Å². The minimum absolute atomic E-state index is 0.0477. The summed E-state index contributed by atoms with van der Waals surface area (Å²) < 4.78 is 0. The molecule has 1 N–H and O–H groups in total. The summed E-state index contributed by atoms with van der Waals surface area (Å²) in [5.74, 6) is 0.946. The number of hydrogen-bond acceptors (Lipinski definition) is 4. The highest BCUT2D eigenvalue weighted by Gasteiger charge is 2.18. The third kappa shape index (κ3) is 4.43. The maximum atomic E-state index is 13.0. The van der Waals surface area contributed by atoms with E-state index in [0.29, 0.717) is 23.9 Å². The average Bonchev–Trinajstić information content (AvgIpc) is 2.75. The van der Waals surface area contributed by atoms with Gasteiger partial charge >= 0.3 is 0 Å². The predicted molar refractivity (Wildman–Crippen MR) is 114 cm³/mol. The van der Waals surface area contributed by atoms with Gasteiger partial charge in [0.15, 0.2) is 0 Å². The lowest BCUT2D eigenvalue weighted by Gasteiger charge is -2.21. The molecule has 0 radical (unpaired) electrons. The molecule has 0 unspecified atom stereocenters. The molecule has 0 aliphatic carbocycles. The molecular weight excluding hydrogens is 348 g/mol. The molecule has 1 atom stereocenters. The highest BCUT2D eigenvalue weighted by molar-refractivity contribution is 6.05. The van der Waals surface area contributed by atoms with Crippen LogP contribution in [0.25, 0.3) is 6.08 Å². The van der Waals surface area contributed by atoms with Gasteiger partial charge in [-0.1, -0.05) is 55.1 Å². The second kappa shape index (κ2) is 8.95. The molecule has 0 saturated heterocycles. The van der Waals surface area contributed by atoms with Gasteiger partial charge in [0.1, 0.15) is 5.82 Å². The summed E-state index contributed by atoms with van der Waals surface area (Å²) in [4.78, 5) is 23.5. The maximum Gasteiger partial charge on any atom is 0.259 e. The van der Waals surface area contributed by atoms with Gasteiger partial charge in [0.2, 0.25) is 5.95 Å². The zero-order chi connectivity index (χ0) is 19.9. The van der Waals surface area contributed by atoms with Gasteiger partial charge in [0.05, 0.1) is 6.04 Å². The third-order valence-electron chi connectivity index (χ3n) is 4.49. The lowest BCUT2D eigenvalue weighted by atomic mass is 10.1. The predicted octanol–water partition coefficient (Wildman–Crippen LogP) is 4.96. The van der Waals surface area contributed by atoms with Crippen LogP contribution >= 0.6 is 0 Å². The number of carbonyl (C=O) groups excluding carboxylic acids is 1. The fourth-order valence-corrected chi connectivity index (χ4v) is 2.95. The fourth-order valence-electron chi connectivity index (χ4n) is 2.95. The fraction of sp³-hybridized carbons (Fsp3) is 0.174. The van der Waals surface area contributed by atoms with Gasteiger partial charge in [-0.15, -0.1) is 0 Å². The quantitative estimate of drug-likeness (QED) is 0.637. The summed E-state index contributed by atoms with van der Waals surface area (Å²) in [6.07, 6.45) is 3.39. The molecule has 142 valence electrons. The van der Waals surface area contributed by atoms with E-state index in [2.05, 4.69) is 40.9 Å².